The predicted molar refractivity (Wildman–Crippen MR) is 98.1 cm³/mol. The molecule has 6 nitrogen and oxygen atoms in total. The maximum absolute atomic E-state index is 13.3. The number of alkyl halides is 3. The summed E-state index contributed by atoms with van der Waals surface area (Å²) in [4.78, 5) is 15.8. The normalized spacial score (nSPS) is 12.2. The van der Waals surface area contributed by atoms with E-state index in [-0.39, 0.29) is 11.0 Å². The summed E-state index contributed by atoms with van der Waals surface area (Å²) in [6.07, 6.45) is -4.68. The third-order valence-electron chi connectivity index (χ3n) is 4.07. The Bertz CT molecular complexity index is 1020. The van der Waals surface area contributed by atoms with Crippen molar-refractivity contribution in [1.82, 2.24) is 15.0 Å². The summed E-state index contributed by atoms with van der Waals surface area (Å²) >= 11 is 0. The van der Waals surface area contributed by atoms with Crippen LogP contribution in [0, 0.1) is 0 Å². The number of hydrazone groups is 1. The fourth-order valence-corrected chi connectivity index (χ4v) is 2.67. The molecule has 0 unspecified atom stereocenters. The van der Waals surface area contributed by atoms with Crippen molar-refractivity contribution in [2.75, 3.05) is 7.11 Å². The second-order valence-corrected chi connectivity index (χ2v) is 5.97. The number of halogens is 3. The first-order valence-corrected chi connectivity index (χ1v) is 8.29. The van der Waals surface area contributed by atoms with Gasteiger partial charge in [0.15, 0.2) is 0 Å². The summed E-state index contributed by atoms with van der Waals surface area (Å²) in [5.74, 6) is -1.14. The van der Waals surface area contributed by atoms with E-state index in [0.717, 1.165) is 10.1 Å². The molecule has 0 bridgehead atoms. The number of aromatic nitrogens is 2. The quantitative estimate of drug-likeness (QED) is 0.535. The molecule has 3 aromatic rings. The Morgan fingerprint density at radius 2 is 1.86 bits per heavy atom. The van der Waals surface area contributed by atoms with Gasteiger partial charge >= 0.3 is 6.18 Å². The fraction of sp³-hybridized carbons (Fsp3) is 0.211. The molecular formula is C19H17F3N4O2. The summed E-state index contributed by atoms with van der Waals surface area (Å²) in [6, 6.07) is 13.1. The van der Waals surface area contributed by atoms with E-state index in [1.165, 1.54) is 12.1 Å². The minimum atomic E-state index is -4.68. The van der Waals surface area contributed by atoms with E-state index in [2.05, 4.69) is 15.5 Å². The molecular weight excluding hydrogens is 373 g/mol. The van der Waals surface area contributed by atoms with Gasteiger partial charge in [-0.15, -0.1) is 0 Å². The van der Waals surface area contributed by atoms with Crippen molar-refractivity contribution in [2.45, 2.75) is 19.6 Å². The van der Waals surface area contributed by atoms with Crippen molar-refractivity contribution in [1.29, 1.82) is 0 Å². The molecule has 3 rings (SSSR count). The van der Waals surface area contributed by atoms with E-state index >= 15 is 0 Å². The van der Waals surface area contributed by atoms with Crippen molar-refractivity contribution in [3.8, 4) is 5.75 Å². The van der Waals surface area contributed by atoms with Crippen LogP contribution in [0.3, 0.4) is 0 Å². The van der Waals surface area contributed by atoms with Gasteiger partial charge < -0.3 is 9.30 Å². The van der Waals surface area contributed by atoms with Gasteiger partial charge in [0.25, 0.3) is 5.91 Å². The third kappa shape index (κ3) is 4.13. The molecule has 1 N–H and O–H groups in total. The lowest BCUT2D eigenvalue weighted by Gasteiger charge is -2.10. The minimum absolute atomic E-state index is 0.167. The number of hydrogen-bond acceptors (Lipinski definition) is 4. The Morgan fingerprint density at radius 3 is 2.50 bits per heavy atom. The Hall–Kier alpha value is -3.36. The standard InChI is InChI=1S/C19H17F3N4O2/c1-12(13-7-9-14(28-2)10-8-13)24-25-17(27)11-26-16-6-4-3-5-15(16)23-18(26)19(20,21)22/h3-10H,11H2,1-2H3,(H,25,27)/b24-12+. The topological polar surface area (TPSA) is 68.5 Å². The molecule has 0 aliphatic carbocycles. The highest BCUT2D eigenvalue weighted by Gasteiger charge is 2.37. The van der Waals surface area contributed by atoms with Crippen molar-refractivity contribution < 1.29 is 22.7 Å². The van der Waals surface area contributed by atoms with Crippen LogP contribution in [0.5, 0.6) is 5.75 Å². The van der Waals surface area contributed by atoms with E-state index in [1.54, 1.807) is 50.4 Å². The number of fused-ring (bicyclic) bond motifs is 1. The van der Waals surface area contributed by atoms with E-state index < -0.39 is 24.5 Å². The average Bonchev–Trinajstić information content (AvgIpc) is 3.05. The lowest BCUT2D eigenvalue weighted by Crippen LogP contribution is -2.27. The first-order valence-electron chi connectivity index (χ1n) is 8.29. The van der Waals surface area contributed by atoms with Gasteiger partial charge in [-0.2, -0.15) is 18.3 Å². The summed E-state index contributed by atoms with van der Waals surface area (Å²) in [6.45, 7) is 1.12. The summed E-state index contributed by atoms with van der Waals surface area (Å²) in [7, 11) is 1.55. The number of ether oxygens (including phenoxy) is 1. The van der Waals surface area contributed by atoms with Gasteiger partial charge in [-0.1, -0.05) is 12.1 Å². The predicted octanol–water partition coefficient (Wildman–Crippen LogP) is 3.60. The number of hydrogen-bond donors (Lipinski definition) is 1. The smallest absolute Gasteiger partial charge is 0.449 e. The number of para-hydroxylation sites is 2. The second-order valence-electron chi connectivity index (χ2n) is 5.97. The lowest BCUT2D eigenvalue weighted by molar-refractivity contribution is -0.147. The highest BCUT2D eigenvalue weighted by atomic mass is 19.4. The van der Waals surface area contributed by atoms with Gasteiger partial charge in [-0.3, -0.25) is 4.79 Å². The van der Waals surface area contributed by atoms with Crippen LogP contribution in [0.1, 0.15) is 18.3 Å². The number of benzene rings is 2. The Labute approximate surface area is 158 Å². The van der Waals surface area contributed by atoms with Gasteiger partial charge in [0.1, 0.15) is 12.3 Å². The van der Waals surface area contributed by atoms with Crippen molar-refractivity contribution in [3.63, 3.8) is 0 Å². The van der Waals surface area contributed by atoms with Crippen molar-refractivity contribution >= 4 is 22.7 Å². The van der Waals surface area contributed by atoms with Crippen molar-refractivity contribution in [3.05, 3.63) is 59.9 Å². The Morgan fingerprint density at radius 1 is 1.18 bits per heavy atom. The van der Waals surface area contributed by atoms with Gasteiger partial charge in [0.2, 0.25) is 5.82 Å². The number of methoxy groups -OCH3 is 1. The second kappa shape index (κ2) is 7.71. The lowest BCUT2D eigenvalue weighted by atomic mass is 10.1. The van der Waals surface area contributed by atoms with Gasteiger partial charge in [0.05, 0.1) is 23.9 Å². The average molecular weight is 390 g/mol. The van der Waals surface area contributed by atoms with Gasteiger partial charge in [-0.25, -0.2) is 10.4 Å². The number of imidazole rings is 1. The third-order valence-corrected chi connectivity index (χ3v) is 4.07. The van der Waals surface area contributed by atoms with E-state index in [1.807, 2.05) is 0 Å². The number of carbonyl (C=O) groups excluding carboxylic acids is 1. The zero-order chi connectivity index (χ0) is 20.3. The Balaban J connectivity index is 1.79. The molecule has 9 heteroatoms. The van der Waals surface area contributed by atoms with Crippen molar-refractivity contribution in [2.24, 2.45) is 5.10 Å². The van der Waals surface area contributed by atoms with Crippen LogP contribution >= 0.6 is 0 Å². The van der Waals surface area contributed by atoms with Crippen LogP contribution < -0.4 is 10.2 Å². The number of rotatable bonds is 5. The largest absolute Gasteiger partial charge is 0.497 e. The maximum atomic E-state index is 13.3. The maximum Gasteiger partial charge on any atom is 0.449 e. The first kappa shape index (κ1) is 19.4. The zero-order valence-corrected chi connectivity index (χ0v) is 15.1. The number of carbonyl (C=O) groups is 1. The highest BCUT2D eigenvalue weighted by molar-refractivity contribution is 5.99. The molecule has 0 radical (unpaired) electrons. The minimum Gasteiger partial charge on any atom is -0.497 e. The molecule has 1 amide bonds. The summed E-state index contributed by atoms with van der Waals surface area (Å²) < 4.78 is 45.7. The molecule has 0 fully saturated rings. The number of nitrogens with zero attached hydrogens (tertiary/aromatic N) is 3. The molecule has 0 saturated heterocycles. The van der Waals surface area contributed by atoms with Crippen LogP contribution in [-0.4, -0.2) is 28.3 Å². The summed E-state index contributed by atoms with van der Waals surface area (Å²) in [5.41, 5.74) is 3.93. The molecule has 0 atom stereocenters. The van der Waals surface area contributed by atoms with Crippen LogP contribution in [0.15, 0.2) is 53.6 Å². The molecule has 0 aliphatic heterocycles. The molecule has 0 spiro atoms. The number of amides is 1. The van der Waals surface area contributed by atoms with Crippen LogP contribution in [-0.2, 0) is 17.5 Å². The SMILES string of the molecule is COc1ccc(/C(C)=N/NC(=O)Cn2c(C(F)(F)F)nc3ccccc32)cc1. The van der Waals surface area contributed by atoms with Gasteiger partial charge in [-0.05, 0) is 48.9 Å². The van der Waals surface area contributed by atoms with Gasteiger partial charge in [0, 0.05) is 0 Å². The van der Waals surface area contributed by atoms with E-state index in [4.69, 9.17) is 4.74 Å². The molecule has 0 aliphatic rings. The van der Waals surface area contributed by atoms with E-state index in [9.17, 15) is 18.0 Å². The van der Waals surface area contributed by atoms with Crippen LogP contribution in [0.4, 0.5) is 13.2 Å². The molecule has 146 valence electrons. The molecule has 1 aromatic heterocycles. The first-order chi connectivity index (χ1) is 13.3. The summed E-state index contributed by atoms with van der Waals surface area (Å²) in [5, 5.41) is 3.96. The highest BCUT2D eigenvalue weighted by Crippen LogP contribution is 2.31. The fourth-order valence-electron chi connectivity index (χ4n) is 2.67. The zero-order valence-electron chi connectivity index (χ0n) is 15.1. The molecule has 2 aromatic carbocycles. The monoisotopic (exact) mass is 390 g/mol. The Kier molecular flexibility index (Phi) is 5.34. The molecule has 1 heterocycles. The number of nitrogens with one attached hydrogen (secondary N) is 1. The van der Waals surface area contributed by atoms with Crippen LogP contribution in [0.2, 0.25) is 0 Å². The molecule has 28 heavy (non-hydrogen) atoms. The van der Waals surface area contributed by atoms with E-state index in [0.29, 0.717) is 11.5 Å². The van der Waals surface area contributed by atoms with Crippen LogP contribution in [0.25, 0.3) is 11.0 Å². The molecule has 0 saturated carbocycles.